The summed E-state index contributed by atoms with van der Waals surface area (Å²) in [6.07, 6.45) is 79.7. The maximum Gasteiger partial charge on any atom is 0.305 e. The van der Waals surface area contributed by atoms with Gasteiger partial charge in [-0.2, -0.15) is 0 Å². The number of carbonyl (C=O) groups is 2. The molecule has 446 valence electrons. The quantitative estimate of drug-likeness (QED) is 0.0320. The van der Waals surface area contributed by atoms with Gasteiger partial charge in [0.05, 0.1) is 25.4 Å². The second-order valence-electron chi connectivity index (χ2n) is 23.9. The van der Waals surface area contributed by atoms with Crippen molar-refractivity contribution in [3.8, 4) is 0 Å². The van der Waals surface area contributed by atoms with Gasteiger partial charge in [-0.25, -0.2) is 0 Å². The molecule has 75 heavy (non-hydrogen) atoms. The fourth-order valence-electron chi connectivity index (χ4n) is 11.1. The van der Waals surface area contributed by atoms with E-state index in [2.05, 4.69) is 31.3 Å². The minimum absolute atomic E-state index is 0.0186. The number of ether oxygens (including phenoxy) is 1. The third-order valence-corrected chi connectivity index (χ3v) is 16.3. The summed E-state index contributed by atoms with van der Waals surface area (Å²) < 4.78 is 5.48. The van der Waals surface area contributed by atoms with Gasteiger partial charge >= 0.3 is 5.97 Å². The topological polar surface area (TPSA) is 95.9 Å². The number of amides is 1. The van der Waals surface area contributed by atoms with Gasteiger partial charge in [-0.05, 0) is 51.4 Å². The summed E-state index contributed by atoms with van der Waals surface area (Å²) in [6, 6.07) is -0.539. The van der Waals surface area contributed by atoms with Crippen molar-refractivity contribution >= 4 is 11.9 Å². The van der Waals surface area contributed by atoms with Gasteiger partial charge in [-0.1, -0.05) is 341 Å². The molecule has 0 rings (SSSR count). The largest absolute Gasteiger partial charge is 0.466 e. The molecular weight excluding hydrogens is 923 g/mol. The van der Waals surface area contributed by atoms with Crippen LogP contribution in [0, 0.1) is 0 Å². The van der Waals surface area contributed by atoms with Gasteiger partial charge in [-0.15, -0.1) is 0 Å². The first-order valence-corrected chi connectivity index (χ1v) is 34.4. The van der Waals surface area contributed by atoms with E-state index in [0.717, 1.165) is 38.5 Å². The van der Waals surface area contributed by atoms with Gasteiger partial charge in [0, 0.05) is 12.8 Å². The number of esters is 1. The van der Waals surface area contributed by atoms with Crippen molar-refractivity contribution in [2.45, 2.75) is 405 Å². The number of carbonyl (C=O) groups excluding carboxylic acids is 2. The van der Waals surface area contributed by atoms with E-state index in [1.54, 1.807) is 0 Å². The lowest BCUT2D eigenvalue weighted by atomic mass is 10.0. The Morgan fingerprint density at radius 3 is 0.947 bits per heavy atom. The van der Waals surface area contributed by atoms with Crippen LogP contribution in [0.2, 0.25) is 0 Å². The van der Waals surface area contributed by atoms with E-state index < -0.39 is 12.1 Å². The first-order valence-electron chi connectivity index (χ1n) is 34.4. The van der Waals surface area contributed by atoms with Crippen molar-refractivity contribution in [3.63, 3.8) is 0 Å². The smallest absolute Gasteiger partial charge is 0.305 e. The minimum Gasteiger partial charge on any atom is -0.466 e. The van der Waals surface area contributed by atoms with Crippen LogP contribution in [-0.2, 0) is 14.3 Å². The van der Waals surface area contributed by atoms with Crippen LogP contribution in [0.5, 0.6) is 0 Å². The SMILES string of the molecule is CCCCCCCCCCCCCCCCCCC(O)C(CO)NC(=O)CCCCCCCCCCCCCCCC/C=C\CCCCCCCCCCCCCCOC(=O)CCCCCCCCCCCCCC. The lowest BCUT2D eigenvalue weighted by molar-refractivity contribution is -0.143. The molecule has 0 radical (unpaired) electrons. The summed E-state index contributed by atoms with van der Waals surface area (Å²) in [5.74, 6) is -0.0113. The number of aliphatic hydroxyl groups is 2. The van der Waals surface area contributed by atoms with E-state index in [4.69, 9.17) is 4.74 Å². The molecule has 0 bridgehead atoms. The molecular formula is C69H135NO5. The summed E-state index contributed by atoms with van der Waals surface area (Å²) in [7, 11) is 0. The van der Waals surface area contributed by atoms with Crippen molar-refractivity contribution in [3.05, 3.63) is 12.2 Å². The number of rotatable bonds is 65. The van der Waals surface area contributed by atoms with E-state index in [-0.39, 0.29) is 18.5 Å². The number of aliphatic hydroxyl groups excluding tert-OH is 2. The Balaban J connectivity index is 3.35. The number of hydrogen-bond donors (Lipinski definition) is 3. The molecule has 2 unspecified atom stereocenters. The molecule has 0 aromatic carbocycles. The molecule has 6 heteroatoms. The molecule has 3 N–H and O–H groups in total. The highest BCUT2D eigenvalue weighted by Crippen LogP contribution is 2.19. The highest BCUT2D eigenvalue weighted by atomic mass is 16.5. The number of nitrogens with one attached hydrogen (secondary N) is 1. The standard InChI is InChI=1S/C69H135NO5/c1-3-5-7-9-11-13-15-17-18-35-38-41-45-49-53-57-61-67(72)66(65-71)70-68(73)62-58-54-50-46-42-39-36-33-31-29-27-25-23-21-19-20-22-24-26-28-30-32-34-37-40-44-48-52-56-60-64-75-69(74)63-59-55-51-47-43-16-14-12-10-8-6-4-2/h20,22,66-67,71-72H,3-19,21,23-65H2,1-2H3,(H,70,73)/b22-20-. The Morgan fingerprint density at radius 1 is 0.360 bits per heavy atom. The highest BCUT2D eigenvalue weighted by Gasteiger charge is 2.20. The van der Waals surface area contributed by atoms with Gasteiger partial charge in [0.25, 0.3) is 0 Å². The third kappa shape index (κ3) is 61.7. The molecule has 1 amide bonds. The van der Waals surface area contributed by atoms with Crippen LogP contribution < -0.4 is 5.32 Å². The van der Waals surface area contributed by atoms with Crippen LogP contribution in [0.4, 0.5) is 0 Å². The molecule has 0 aliphatic heterocycles. The molecule has 0 fully saturated rings. The van der Waals surface area contributed by atoms with E-state index in [1.165, 1.54) is 321 Å². The third-order valence-electron chi connectivity index (χ3n) is 16.3. The maximum atomic E-state index is 12.5. The molecule has 0 spiro atoms. The number of hydrogen-bond acceptors (Lipinski definition) is 5. The normalized spacial score (nSPS) is 12.5. The van der Waals surface area contributed by atoms with Crippen LogP contribution in [-0.4, -0.2) is 47.4 Å². The Kier molecular flexibility index (Phi) is 63.9. The van der Waals surface area contributed by atoms with Crippen LogP contribution in [0.1, 0.15) is 393 Å². The summed E-state index contributed by atoms with van der Waals surface area (Å²) in [5, 5.41) is 23.3. The lowest BCUT2D eigenvalue weighted by Gasteiger charge is -2.22. The molecule has 0 aromatic rings. The average molecular weight is 1060 g/mol. The lowest BCUT2D eigenvalue weighted by Crippen LogP contribution is -2.45. The van der Waals surface area contributed by atoms with E-state index in [9.17, 15) is 19.8 Å². The van der Waals surface area contributed by atoms with Gasteiger partial charge in [0.1, 0.15) is 0 Å². The second-order valence-corrected chi connectivity index (χ2v) is 23.9. The monoisotopic (exact) mass is 1060 g/mol. The Labute approximate surface area is 469 Å². The van der Waals surface area contributed by atoms with Crippen LogP contribution in [0.15, 0.2) is 12.2 Å². The Bertz CT molecular complexity index is 1130. The van der Waals surface area contributed by atoms with Gasteiger partial charge in [0.2, 0.25) is 5.91 Å². The van der Waals surface area contributed by atoms with Crippen LogP contribution >= 0.6 is 0 Å². The first kappa shape index (κ1) is 73.6. The summed E-state index contributed by atoms with van der Waals surface area (Å²) >= 11 is 0. The van der Waals surface area contributed by atoms with Gasteiger partial charge in [0.15, 0.2) is 0 Å². The number of allylic oxidation sites excluding steroid dienone is 2. The molecule has 6 nitrogen and oxygen atoms in total. The molecule has 0 heterocycles. The van der Waals surface area contributed by atoms with Gasteiger partial charge in [-0.3, -0.25) is 9.59 Å². The predicted molar refractivity (Wildman–Crippen MR) is 329 cm³/mol. The molecule has 0 aromatic heterocycles. The summed E-state index contributed by atoms with van der Waals surface area (Å²) in [6.45, 7) is 4.99. The van der Waals surface area contributed by atoms with Crippen molar-refractivity contribution in [2.24, 2.45) is 0 Å². The summed E-state index contributed by atoms with van der Waals surface area (Å²) in [4.78, 5) is 24.5. The van der Waals surface area contributed by atoms with Crippen LogP contribution in [0.3, 0.4) is 0 Å². The molecule has 0 saturated heterocycles. The first-order chi connectivity index (χ1) is 37.0. The van der Waals surface area contributed by atoms with E-state index >= 15 is 0 Å². The zero-order chi connectivity index (χ0) is 54.3. The summed E-state index contributed by atoms with van der Waals surface area (Å²) in [5.41, 5.74) is 0. The fourth-order valence-corrected chi connectivity index (χ4v) is 11.1. The maximum absolute atomic E-state index is 12.5. The minimum atomic E-state index is -0.662. The molecule has 0 aliphatic carbocycles. The predicted octanol–water partition coefficient (Wildman–Crippen LogP) is 22.0. The Hall–Kier alpha value is -1.40. The van der Waals surface area contributed by atoms with Crippen LogP contribution in [0.25, 0.3) is 0 Å². The Morgan fingerprint density at radius 2 is 0.627 bits per heavy atom. The second kappa shape index (κ2) is 65.1. The zero-order valence-corrected chi connectivity index (χ0v) is 51.1. The fraction of sp³-hybridized carbons (Fsp3) is 0.942. The van der Waals surface area contributed by atoms with Crippen molar-refractivity contribution in [2.75, 3.05) is 13.2 Å². The van der Waals surface area contributed by atoms with E-state index in [0.29, 0.717) is 25.9 Å². The van der Waals surface area contributed by atoms with Crippen molar-refractivity contribution in [1.82, 2.24) is 5.32 Å². The van der Waals surface area contributed by atoms with Crippen molar-refractivity contribution < 1.29 is 24.5 Å². The number of unbranched alkanes of at least 4 members (excludes halogenated alkanes) is 52. The molecule has 0 aliphatic rings. The average Bonchev–Trinajstić information content (AvgIpc) is 3.41. The zero-order valence-electron chi connectivity index (χ0n) is 51.1. The molecule has 0 saturated carbocycles. The highest BCUT2D eigenvalue weighted by molar-refractivity contribution is 5.76. The molecule has 2 atom stereocenters. The van der Waals surface area contributed by atoms with E-state index in [1.807, 2.05) is 0 Å². The van der Waals surface area contributed by atoms with Gasteiger partial charge < -0.3 is 20.3 Å². The van der Waals surface area contributed by atoms with Crippen molar-refractivity contribution in [1.29, 1.82) is 0 Å².